The fourth-order valence-corrected chi connectivity index (χ4v) is 4.72. The van der Waals surface area contributed by atoms with Crippen molar-refractivity contribution in [3.05, 3.63) is 72.4 Å². The molecule has 3 aromatic carbocycles. The van der Waals surface area contributed by atoms with Crippen LogP contribution in [0, 0.1) is 0 Å². The molecule has 0 bridgehead atoms. The highest BCUT2D eigenvalue weighted by Gasteiger charge is 2.17. The topological polar surface area (TPSA) is 65.2 Å². The van der Waals surface area contributed by atoms with Gasteiger partial charge in [-0.05, 0) is 49.7 Å². The van der Waals surface area contributed by atoms with Gasteiger partial charge in [0.1, 0.15) is 0 Å². The van der Waals surface area contributed by atoms with Gasteiger partial charge in [0.25, 0.3) is 10.0 Å². The van der Waals surface area contributed by atoms with E-state index >= 15 is 0 Å². The van der Waals surface area contributed by atoms with Gasteiger partial charge in [0.15, 0.2) is 0 Å². The maximum absolute atomic E-state index is 13.0. The molecule has 28 heavy (non-hydrogen) atoms. The van der Waals surface area contributed by atoms with Gasteiger partial charge in [-0.1, -0.05) is 42.5 Å². The second-order valence-corrected chi connectivity index (χ2v) is 8.86. The maximum Gasteiger partial charge on any atom is 0.262 e. The Labute approximate surface area is 165 Å². The average molecular weight is 394 g/mol. The summed E-state index contributed by atoms with van der Waals surface area (Å²) in [6.07, 6.45) is 2.94. The quantitative estimate of drug-likeness (QED) is 0.515. The number of hydrogen-bond donors (Lipinski definition) is 2. The number of fused-ring (bicyclic) bond motifs is 2. The van der Waals surface area contributed by atoms with E-state index in [1.54, 1.807) is 12.1 Å². The van der Waals surface area contributed by atoms with Crippen LogP contribution in [0.4, 0.5) is 5.69 Å². The molecule has 1 heterocycles. The van der Waals surface area contributed by atoms with Crippen molar-refractivity contribution < 1.29 is 8.42 Å². The molecule has 2 N–H and O–H groups in total. The van der Waals surface area contributed by atoms with Crippen molar-refractivity contribution in [3.8, 4) is 0 Å². The largest absolute Gasteiger partial charge is 0.361 e. The molecule has 0 spiro atoms. The van der Waals surface area contributed by atoms with E-state index < -0.39 is 10.0 Å². The highest BCUT2D eigenvalue weighted by molar-refractivity contribution is 7.93. The lowest BCUT2D eigenvalue weighted by Crippen LogP contribution is -2.14. The molecule has 0 unspecified atom stereocenters. The van der Waals surface area contributed by atoms with Crippen LogP contribution in [0.25, 0.3) is 21.7 Å². The van der Waals surface area contributed by atoms with E-state index in [0.29, 0.717) is 11.1 Å². The molecule has 144 valence electrons. The molecule has 0 atom stereocenters. The molecule has 0 fully saturated rings. The van der Waals surface area contributed by atoms with Gasteiger partial charge in [-0.2, -0.15) is 0 Å². The van der Waals surface area contributed by atoms with Crippen LogP contribution in [0.3, 0.4) is 0 Å². The van der Waals surface area contributed by atoms with Crippen molar-refractivity contribution in [1.82, 2.24) is 9.88 Å². The Morgan fingerprint density at radius 3 is 2.57 bits per heavy atom. The summed E-state index contributed by atoms with van der Waals surface area (Å²) in [6.45, 7) is 0.961. The third-order valence-corrected chi connectivity index (χ3v) is 6.33. The van der Waals surface area contributed by atoms with Gasteiger partial charge in [-0.3, -0.25) is 4.72 Å². The Kier molecular flexibility index (Phi) is 4.83. The summed E-state index contributed by atoms with van der Waals surface area (Å²) < 4.78 is 28.7. The molecular formula is C22H23N3O2S. The molecule has 4 rings (SSSR count). The molecule has 4 aromatic rings. The van der Waals surface area contributed by atoms with Crippen LogP contribution in [0.1, 0.15) is 5.56 Å². The van der Waals surface area contributed by atoms with Gasteiger partial charge in [-0.25, -0.2) is 8.42 Å². The highest BCUT2D eigenvalue weighted by atomic mass is 32.2. The molecule has 0 aliphatic carbocycles. The second kappa shape index (κ2) is 7.30. The number of sulfonamides is 1. The lowest BCUT2D eigenvalue weighted by Gasteiger charge is -2.11. The van der Waals surface area contributed by atoms with Gasteiger partial charge in [0.05, 0.1) is 10.6 Å². The van der Waals surface area contributed by atoms with Crippen LogP contribution < -0.4 is 4.72 Å². The van der Waals surface area contributed by atoms with Crippen molar-refractivity contribution >= 4 is 37.4 Å². The summed E-state index contributed by atoms with van der Waals surface area (Å²) in [5.74, 6) is 0. The molecule has 0 saturated heterocycles. The number of likely N-dealkylation sites (N-methyl/N-ethyl adjacent to an activating group) is 1. The van der Waals surface area contributed by atoms with Crippen molar-refractivity contribution in [3.63, 3.8) is 0 Å². The molecule has 0 saturated carbocycles. The normalized spacial score (nSPS) is 12.1. The Morgan fingerprint density at radius 1 is 0.964 bits per heavy atom. The molecule has 5 nitrogen and oxygen atoms in total. The molecule has 0 amide bonds. The van der Waals surface area contributed by atoms with E-state index in [0.717, 1.165) is 29.3 Å². The van der Waals surface area contributed by atoms with E-state index in [9.17, 15) is 8.42 Å². The molecule has 1 aromatic heterocycles. The standard InChI is InChI=1S/C22H23N3O2S/c1-25(2)13-12-17-15-23-21-14-18(10-11-19(17)21)24-28(26,27)22-9-5-7-16-6-3-4-8-20(16)22/h3-11,14-15,23-24H,12-13H2,1-2H3. The summed E-state index contributed by atoms with van der Waals surface area (Å²) in [5, 5.41) is 2.73. The molecular weight excluding hydrogens is 370 g/mol. The number of hydrogen-bond acceptors (Lipinski definition) is 3. The number of anilines is 1. The van der Waals surface area contributed by atoms with Crippen LogP contribution in [0.15, 0.2) is 71.8 Å². The predicted octanol–water partition coefficient (Wildman–Crippen LogP) is 4.23. The van der Waals surface area contributed by atoms with Gasteiger partial charge in [0, 0.05) is 29.0 Å². The first-order chi connectivity index (χ1) is 13.4. The zero-order chi connectivity index (χ0) is 19.7. The Balaban J connectivity index is 1.65. The van der Waals surface area contributed by atoms with E-state index in [2.05, 4.69) is 28.7 Å². The van der Waals surface area contributed by atoms with Crippen LogP contribution in [-0.2, 0) is 16.4 Å². The Hall–Kier alpha value is -2.83. The third-order valence-electron chi connectivity index (χ3n) is 4.89. The minimum absolute atomic E-state index is 0.281. The number of aromatic amines is 1. The molecule has 0 aliphatic rings. The zero-order valence-electron chi connectivity index (χ0n) is 15.9. The summed E-state index contributed by atoms with van der Waals surface area (Å²) in [4.78, 5) is 5.68. The Morgan fingerprint density at radius 2 is 1.75 bits per heavy atom. The van der Waals surface area contributed by atoms with Crippen LogP contribution >= 0.6 is 0 Å². The van der Waals surface area contributed by atoms with Gasteiger partial charge >= 0.3 is 0 Å². The lowest BCUT2D eigenvalue weighted by atomic mass is 10.1. The van der Waals surface area contributed by atoms with Crippen molar-refractivity contribution in [2.24, 2.45) is 0 Å². The second-order valence-electron chi connectivity index (χ2n) is 7.21. The monoisotopic (exact) mass is 393 g/mol. The molecule has 0 radical (unpaired) electrons. The number of nitrogens with one attached hydrogen (secondary N) is 2. The van der Waals surface area contributed by atoms with E-state index in [-0.39, 0.29) is 4.90 Å². The van der Waals surface area contributed by atoms with E-state index in [1.807, 2.05) is 54.7 Å². The van der Waals surface area contributed by atoms with Gasteiger partial charge < -0.3 is 9.88 Å². The first-order valence-corrected chi connectivity index (χ1v) is 10.7. The fraction of sp³-hybridized carbons (Fsp3) is 0.182. The number of rotatable bonds is 6. The third kappa shape index (κ3) is 3.61. The smallest absolute Gasteiger partial charge is 0.262 e. The summed E-state index contributed by atoms with van der Waals surface area (Å²) in [7, 11) is 0.407. The fourth-order valence-electron chi connectivity index (χ4n) is 3.44. The number of nitrogens with zero attached hydrogens (tertiary/aromatic N) is 1. The summed E-state index contributed by atoms with van der Waals surface area (Å²) in [6, 6.07) is 18.4. The summed E-state index contributed by atoms with van der Waals surface area (Å²) in [5.41, 5.74) is 2.69. The summed E-state index contributed by atoms with van der Waals surface area (Å²) >= 11 is 0. The zero-order valence-corrected chi connectivity index (χ0v) is 16.8. The SMILES string of the molecule is CN(C)CCc1c[nH]c2cc(NS(=O)(=O)c3cccc4ccccc34)ccc12. The van der Waals surface area contributed by atoms with E-state index in [1.165, 1.54) is 5.56 Å². The van der Waals surface area contributed by atoms with E-state index in [4.69, 9.17) is 0 Å². The first-order valence-electron chi connectivity index (χ1n) is 9.19. The van der Waals surface area contributed by atoms with Crippen LogP contribution in [0.5, 0.6) is 0 Å². The van der Waals surface area contributed by atoms with Gasteiger partial charge in [-0.15, -0.1) is 0 Å². The predicted molar refractivity (Wildman–Crippen MR) is 115 cm³/mol. The van der Waals surface area contributed by atoms with Crippen LogP contribution in [-0.4, -0.2) is 38.9 Å². The van der Waals surface area contributed by atoms with Gasteiger partial charge in [0.2, 0.25) is 0 Å². The maximum atomic E-state index is 13.0. The van der Waals surface area contributed by atoms with Crippen molar-refractivity contribution in [1.29, 1.82) is 0 Å². The minimum Gasteiger partial charge on any atom is -0.361 e. The van der Waals surface area contributed by atoms with Crippen LogP contribution in [0.2, 0.25) is 0 Å². The van der Waals surface area contributed by atoms with Crippen molar-refractivity contribution in [2.75, 3.05) is 25.4 Å². The number of H-pyrrole nitrogens is 1. The molecule has 0 aliphatic heterocycles. The number of benzene rings is 3. The Bertz CT molecular complexity index is 1240. The molecule has 6 heteroatoms. The number of aromatic nitrogens is 1. The minimum atomic E-state index is -3.69. The first kappa shape index (κ1) is 18.5. The highest BCUT2D eigenvalue weighted by Crippen LogP contribution is 2.27. The van der Waals surface area contributed by atoms with Crippen molar-refractivity contribution in [2.45, 2.75) is 11.3 Å². The average Bonchev–Trinajstić information content (AvgIpc) is 3.07. The lowest BCUT2D eigenvalue weighted by molar-refractivity contribution is 0.414.